The highest BCUT2D eigenvalue weighted by Gasteiger charge is 2.21. The summed E-state index contributed by atoms with van der Waals surface area (Å²) >= 11 is 6.44. The quantitative estimate of drug-likeness (QED) is 0.272. The summed E-state index contributed by atoms with van der Waals surface area (Å²) in [7, 11) is 1.57. The molecular formula is C20H14BrN3O2S2. The van der Waals surface area contributed by atoms with E-state index in [0.717, 1.165) is 19.6 Å². The Morgan fingerprint density at radius 3 is 2.89 bits per heavy atom. The van der Waals surface area contributed by atoms with Crippen molar-refractivity contribution in [2.45, 2.75) is 0 Å². The topological polar surface area (TPSA) is 54.8 Å². The van der Waals surface area contributed by atoms with Crippen molar-refractivity contribution in [3.63, 3.8) is 0 Å². The first-order valence-corrected chi connectivity index (χ1v) is 10.7. The summed E-state index contributed by atoms with van der Waals surface area (Å²) in [6.45, 7) is 0. The fourth-order valence-corrected chi connectivity index (χ4v) is 4.58. The van der Waals surface area contributed by atoms with Gasteiger partial charge in [-0.2, -0.15) is 10.1 Å². The molecule has 0 radical (unpaired) electrons. The molecule has 0 aliphatic heterocycles. The largest absolute Gasteiger partial charge is 0.497 e. The molecule has 1 amide bonds. The van der Waals surface area contributed by atoms with Gasteiger partial charge in [-0.1, -0.05) is 39.4 Å². The van der Waals surface area contributed by atoms with Crippen molar-refractivity contribution in [1.82, 2.24) is 4.98 Å². The molecule has 5 nitrogen and oxygen atoms in total. The van der Waals surface area contributed by atoms with E-state index in [1.807, 2.05) is 35.7 Å². The van der Waals surface area contributed by atoms with Gasteiger partial charge in [0, 0.05) is 14.9 Å². The lowest BCUT2D eigenvalue weighted by Crippen LogP contribution is -2.25. The second-order valence-electron chi connectivity index (χ2n) is 5.72. The number of hydrogen-bond donors (Lipinski definition) is 0. The van der Waals surface area contributed by atoms with Crippen LogP contribution in [0.3, 0.4) is 0 Å². The first-order chi connectivity index (χ1) is 13.6. The highest BCUT2D eigenvalue weighted by Crippen LogP contribution is 2.32. The summed E-state index contributed by atoms with van der Waals surface area (Å²) in [6, 6.07) is 16.7. The van der Waals surface area contributed by atoms with Crippen molar-refractivity contribution < 1.29 is 9.53 Å². The number of hydrogen-bond acceptors (Lipinski definition) is 6. The van der Waals surface area contributed by atoms with Gasteiger partial charge >= 0.3 is 0 Å². The monoisotopic (exact) mass is 471 g/mol. The van der Waals surface area contributed by atoms with E-state index in [9.17, 15) is 4.79 Å². The van der Waals surface area contributed by atoms with Gasteiger partial charge in [0.15, 0.2) is 0 Å². The van der Waals surface area contributed by atoms with Gasteiger partial charge in [-0.05, 0) is 47.8 Å². The van der Waals surface area contributed by atoms with Crippen molar-refractivity contribution in [2.75, 3.05) is 12.1 Å². The third-order valence-corrected chi connectivity index (χ3v) is 6.17. The van der Waals surface area contributed by atoms with Crippen LogP contribution in [-0.2, 0) is 0 Å². The molecular weight excluding hydrogens is 458 g/mol. The van der Waals surface area contributed by atoms with Crippen molar-refractivity contribution >= 4 is 66.1 Å². The van der Waals surface area contributed by atoms with Crippen LogP contribution in [0.25, 0.3) is 10.2 Å². The van der Waals surface area contributed by atoms with Crippen molar-refractivity contribution in [1.29, 1.82) is 0 Å². The Kier molecular flexibility index (Phi) is 5.52. The zero-order valence-corrected chi connectivity index (χ0v) is 17.9. The Labute approximate surface area is 178 Å². The average Bonchev–Trinajstić information content (AvgIpc) is 3.37. The Morgan fingerprint density at radius 2 is 2.11 bits per heavy atom. The first kappa shape index (κ1) is 18.8. The summed E-state index contributed by atoms with van der Waals surface area (Å²) < 4.78 is 7.18. The number of nitrogens with zero attached hydrogens (tertiary/aromatic N) is 3. The molecule has 4 rings (SSSR count). The predicted molar refractivity (Wildman–Crippen MR) is 119 cm³/mol. The number of benzene rings is 2. The number of hydrazone groups is 1. The van der Waals surface area contributed by atoms with Crippen molar-refractivity contribution in [3.8, 4) is 5.75 Å². The van der Waals surface area contributed by atoms with Gasteiger partial charge in [-0.25, -0.2) is 4.98 Å². The van der Waals surface area contributed by atoms with Gasteiger partial charge in [0.25, 0.3) is 5.91 Å². The zero-order valence-electron chi connectivity index (χ0n) is 14.7. The van der Waals surface area contributed by atoms with Crippen LogP contribution in [0.1, 0.15) is 15.2 Å². The first-order valence-electron chi connectivity index (χ1n) is 8.26. The van der Waals surface area contributed by atoms with E-state index in [-0.39, 0.29) is 5.91 Å². The van der Waals surface area contributed by atoms with E-state index in [0.29, 0.717) is 16.4 Å². The summed E-state index contributed by atoms with van der Waals surface area (Å²) in [6.07, 6.45) is 1.67. The molecule has 0 spiro atoms. The number of fused-ring (bicyclic) bond motifs is 1. The molecule has 0 N–H and O–H groups in total. The van der Waals surface area contributed by atoms with Crippen molar-refractivity contribution in [3.05, 3.63) is 74.9 Å². The van der Waals surface area contributed by atoms with Gasteiger partial charge in [-0.3, -0.25) is 4.79 Å². The van der Waals surface area contributed by atoms with E-state index in [1.54, 1.807) is 48.9 Å². The fourth-order valence-electron chi connectivity index (χ4n) is 2.52. The van der Waals surface area contributed by atoms with E-state index < -0.39 is 0 Å². The van der Waals surface area contributed by atoms with Crippen LogP contribution in [0.4, 0.5) is 5.13 Å². The van der Waals surface area contributed by atoms with E-state index in [4.69, 9.17) is 4.74 Å². The lowest BCUT2D eigenvalue weighted by Gasteiger charge is -2.14. The second-order valence-corrected chi connectivity index (χ2v) is 8.62. The molecule has 0 aliphatic rings. The SMILES string of the molecule is COc1cccc(C(=O)N(/N=C/c2cccs2)c2nc3ccc(Br)cc3s2)c1. The molecule has 0 unspecified atom stereocenters. The number of aromatic nitrogens is 1. The Morgan fingerprint density at radius 1 is 1.21 bits per heavy atom. The normalized spacial score (nSPS) is 11.2. The van der Waals surface area contributed by atoms with E-state index in [1.165, 1.54) is 16.3 Å². The molecule has 2 heterocycles. The van der Waals surface area contributed by atoms with Gasteiger partial charge in [0.1, 0.15) is 5.75 Å². The molecule has 8 heteroatoms. The minimum atomic E-state index is -0.273. The highest BCUT2D eigenvalue weighted by molar-refractivity contribution is 9.10. The summed E-state index contributed by atoms with van der Waals surface area (Å²) in [5.41, 5.74) is 1.29. The number of thiophene rings is 1. The average molecular weight is 472 g/mol. The van der Waals surface area contributed by atoms with Crippen LogP contribution >= 0.6 is 38.6 Å². The standard InChI is InChI=1S/C20H14BrN3O2S2/c1-26-15-5-2-4-13(10-15)19(25)24(22-12-16-6-3-9-27-16)20-23-17-8-7-14(21)11-18(17)28-20/h2-12H,1H3/b22-12+. The lowest BCUT2D eigenvalue weighted by atomic mass is 10.2. The molecule has 140 valence electrons. The number of methoxy groups -OCH3 is 1. The van der Waals surface area contributed by atoms with Crippen LogP contribution in [0.15, 0.2) is 69.6 Å². The third-order valence-electron chi connectivity index (χ3n) is 3.87. The maximum absolute atomic E-state index is 13.2. The molecule has 0 saturated heterocycles. The van der Waals surface area contributed by atoms with Crippen LogP contribution in [0, 0.1) is 0 Å². The number of rotatable bonds is 5. The molecule has 28 heavy (non-hydrogen) atoms. The Balaban J connectivity index is 1.76. The maximum Gasteiger partial charge on any atom is 0.280 e. The molecule has 0 aliphatic carbocycles. The smallest absolute Gasteiger partial charge is 0.280 e. The predicted octanol–water partition coefficient (Wildman–Crippen LogP) is 5.81. The molecule has 0 bridgehead atoms. The molecule has 0 fully saturated rings. The minimum absolute atomic E-state index is 0.273. The Hall–Kier alpha value is -2.55. The fraction of sp³-hybridized carbons (Fsp3) is 0.0500. The number of amides is 1. The maximum atomic E-state index is 13.2. The number of ether oxygens (including phenoxy) is 1. The van der Waals surface area contributed by atoms with Gasteiger partial charge < -0.3 is 4.74 Å². The van der Waals surface area contributed by atoms with Gasteiger partial charge in [0.05, 0.1) is 23.5 Å². The Bertz CT molecular complexity index is 1160. The molecule has 0 saturated carbocycles. The summed E-state index contributed by atoms with van der Waals surface area (Å²) in [4.78, 5) is 18.8. The third kappa shape index (κ3) is 3.99. The van der Waals surface area contributed by atoms with Gasteiger partial charge in [-0.15, -0.1) is 11.3 Å². The van der Waals surface area contributed by atoms with Crippen molar-refractivity contribution in [2.24, 2.45) is 5.10 Å². The van der Waals surface area contributed by atoms with Crippen LogP contribution in [0.5, 0.6) is 5.75 Å². The number of thiazole rings is 1. The number of halogens is 1. The van der Waals surface area contributed by atoms with Gasteiger partial charge in [0.2, 0.25) is 5.13 Å². The van der Waals surface area contributed by atoms with Crippen LogP contribution < -0.4 is 9.75 Å². The molecule has 2 aromatic heterocycles. The lowest BCUT2D eigenvalue weighted by molar-refractivity contribution is 0.0987. The number of carbonyl (C=O) groups is 1. The zero-order chi connectivity index (χ0) is 19.5. The summed E-state index contributed by atoms with van der Waals surface area (Å²) in [5.74, 6) is 0.339. The van der Waals surface area contributed by atoms with Crippen LogP contribution in [0.2, 0.25) is 0 Å². The van der Waals surface area contributed by atoms with E-state index >= 15 is 0 Å². The van der Waals surface area contributed by atoms with Crippen LogP contribution in [-0.4, -0.2) is 24.2 Å². The summed E-state index contributed by atoms with van der Waals surface area (Å²) in [5, 5.41) is 8.26. The minimum Gasteiger partial charge on any atom is -0.497 e. The van der Waals surface area contributed by atoms with E-state index in [2.05, 4.69) is 26.0 Å². The second kappa shape index (κ2) is 8.22. The highest BCUT2D eigenvalue weighted by atomic mass is 79.9. The number of anilines is 1. The molecule has 4 aromatic rings. The molecule has 0 atom stereocenters. The molecule has 2 aromatic carbocycles. The number of carbonyl (C=O) groups excluding carboxylic acids is 1.